The van der Waals surface area contributed by atoms with Crippen LogP contribution in [0.1, 0.15) is 47.2 Å². The van der Waals surface area contributed by atoms with Gasteiger partial charge in [0.15, 0.2) is 6.17 Å². The summed E-state index contributed by atoms with van der Waals surface area (Å²) in [5.41, 5.74) is 9.84. The van der Waals surface area contributed by atoms with Crippen molar-refractivity contribution in [3.05, 3.63) is 192 Å². The van der Waals surface area contributed by atoms with Crippen LogP contribution in [-0.4, -0.2) is 17.7 Å². The molecule has 2 unspecified atom stereocenters. The molecule has 1 aliphatic carbocycles. The third-order valence-corrected chi connectivity index (χ3v) is 14.3. The van der Waals surface area contributed by atoms with E-state index in [1.165, 1.54) is 74.8 Å². The van der Waals surface area contributed by atoms with E-state index in [9.17, 15) is 0 Å². The average Bonchev–Trinajstić information content (AvgIpc) is 3.96. The number of fused-ring (bicyclic) bond motifs is 9. The summed E-state index contributed by atoms with van der Waals surface area (Å²) < 4.78 is 5.14. The molecule has 3 aliphatic rings. The number of anilines is 2. The van der Waals surface area contributed by atoms with Gasteiger partial charge in [-0.2, -0.15) is 0 Å². The van der Waals surface area contributed by atoms with Crippen molar-refractivity contribution in [3.63, 3.8) is 0 Å². The molecule has 2 atom stereocenters. The van der Waals surface area contributed by atoms with Crippen molar-refractivity contribution in [3.8, 4) is 11.1 Å². The average molecular weight is 769 g/mol. The second-order valence-electron chi connectivity index (χ2n) is 15.2. The van der Waals surface area contributed by atoms with Gasteiger partial charge in [-0.1, -0.05) is 133 Å². The first-order chi connectivity index (χ1) is 28.2. The first-order valence-electron chi connectivity index (χ1n) is 19.7. The predicted octanol–water partition coefficient (Wildman–Crippen LogP) is 13.5. The number of allylic oxidation sites excluding steroid dienone is 1. The lowest BCUT2D eigenvalue weighted by Crippen LogP contribution is -2.36. The smallest absolute Gasteiger partial charge is 0.171 e. The van der Waals surface area contributed by atoms with Gasteiger partial charge in [-0.15, -0.1) is 22.7 Å². The van der Waals surface area contributed by atoms with E-state index in [4.69, 9.17) is 9.98 Å². The van der Waals surface area contributed by atoms with Gasteiger partial charge in [0.05, 0.1) is 6.04 Å². The summed E-state index contributed by atoms with van der Waals surface area (Å²) in [6, 6.07) is 57.7. The number of hydrogen-bond acceptors (Lipinski definition) is 6. The molecule has 0 saturated carbocycles. The molecular formula is C51H36N4S2. The van der Waals surface area contributed by atoms with Crippen LogP contribution in [-0.2, 0) is 0 Å². The van der Waals surface area contributed by atoms with Crippen LogP contribution < -0.4 is 10.2 Å². The minimum atomic E-state index is -0.377. The summed E-state index contributed by atoms with van der Waals surface area (Å²) >= 11 is 3.74. The molecule has 57 heavy (non-hydrogen) atoms. The highest BCUT2D eigenvalue weighted by Crippen LogP contribution is 2.51. The van der Waals surface area contributed by atoms with Crippen molar-refractivity contribution in [2.45, 2.75) is 31.0 Å². The maximum Gasteiger partial charge on any atom is 0.171 e. The zero-order chi connectivity index (χ0) is 37.5. The standard InChI is InChI=1S/C51H36N4S2/c1-3-13-31(14-4-1)49-52-50(32-15-5-2-6-16-32)54-51(53-49)40-21-11-20-38-41-29-33(25-28-44(41)57-48(38)40)35-19-12-24-45-47(35)39-27-26-34(30-46(39)56-45)55-42-22-9-7-17-36(42)37-18-8-10-23-43(37)55/h1-7,9-17,19-30,37,43,51H,8,18H2,(H,52,53,54). The van der Waals surface area contributed by atoms with E-state index in [1.54, 1.807) is 0 Å². The molecular weight excluding hydrogens is 733 g/mol. The molecule has 0 spiro atoms. The van der Waals surface area contributed by atoms with Gasteiger partial charge in [-0.25, -0.2) is 9.98 Å². The van der Waals surface area contributed by atoms with Crippen molar-refractivity contribution in [2.75, 3.05) is 4.90 Å². The Morgan fingerprint density at radius 3 is 2.14 bits per heavy atom. The van der Waals surface area contributed by atoms with E-state index in [0.29, 0.717) is 12.0 Å². The van der Waals surface area contributed by atoms with Crippen LogP contribution in [0.5, 0.6) is 0 Å². The molecule has 0 amide bonds. The summed E-state index contributed by atoms with van der Waals surface area (Å²) in [5.74, 6) is 2.21. The zero-order valence-corrected chi connectivity index (χ0v) is 32.6. The summed E-state index contributed by atoms with van der Waals surface area (Å²) in [4.78, 5) is 13.0. The molecule has 0 fully saturated rings. The number of amidine groups is 2. The second-order valence-corrected chi connectivity index (χ2v) is 17.4. The summed E-state index contributed by atoms with van der Waals surface area (Å²) in [6.07, 6.45) is 6.79. The van der Waals surface area contributed by atoms with E-state index >= 15 is 0 Å². The molecule has 0 bridgehead atoms. The highest BCUT2D eigenvalue weighted by atomic mass is 32.1. The van der Waals surface area contributed by atoms with Gasteiger partial charge in [-0.3, -0.25) is 0 Å². The fraction of sp³-hybridized carbons (Fsp3) is 0.0980. The fourth-order valence-electron chi connectivity index (χ4n) is 9.38. The summed E-state index contributed by atoms with van der Waals surface area (Å²) in [6.45, 7) is 0. The van der Waals surface area contributed by atoms with Crippen molar-refractivity contribution in [1.29, 1.82) is 0 Å². The monoisotopic (exact) mass is 768 g/mol. The first kappa shape index (κ1) is 32.9. The molecule has 9 aromatic rings. The molecule has 2 aliphatic heterocycles. The molecule has 6 heteroatoms. The Balaban J connectivity index is 0.959. The molecule has 0 saturated heterocycles. The van der Waals surface area contributed by atoms with Gasteiger partial charge in [0.25, 0.3) is 0 Å². The van der Waals surface area contributed by atoms with Crippen molar-refractivity contribution >= 4 is 86.1 Å². The Hall–Kier alpha value is -6.34. The summed E-state index contributed by atoms with van der Waals surface area (Å²) in [7, 11) is 0. The third kappa shape index (κ3) is 5.32. The number of para-hydroxylation sites is 1. The third-order valence-electron chi connectivity index (χ3n) is 12.0. The Morgan fingerprint density at radius 1 is 0.561 bits per heavy atom. The Labute approximate surface area is 338 Å². The topological polar surface area (TPSA) is 40.0 Å². The maximum atomic E-state index is 5.22. The number of nitrogens with one attached hydrogen (secondary N) is 1. The van der Waals surface area contributed by atoms with Gasteiger partial charge in [0, 0.05) is 74.3 Å². The van der Waals surface area contributed by atoms with Crippen LogP contribution in [0.2, 0.25) is 0 Å². The molecule has 4 nitrogen and oxygen atoms in total. The van der Waals surface area contributed by atoms with Crippen molar-refractivity contribution in [1.82, 2.24) is 5.32 Å². The fourth-order valence-corrected chi connectivity index (χ4v) is 11.8. The highest BCUT2D eigenvalue weighted by Gasteiger charge is 2.38. The van der Waals surface area contributed by atoms with Crippen LogP contribution in [0.3, 0.4) is 0 Å². The Bertz CT molecular complexity index is 3080. The SMILES string of the molecule is C1=CC2C(CC1)c1ccccc1N2c1ccc2c(c1)sc1cccc(-c3ccc4sc5c(C6N=C(c7ccccc7)NC(c7ccccc7)=N6)cccc5c4c3)c12. The van der Waals surface area contributed by atoms with Gasteiger partial charge in [-0.05, 0) is 65.9 Å². The quantitative estimate of drug-likeness (QED) is 0.177. The van der Waals surface area contributed by atoms with E-state index in [0.717, 1.165) is 34.8 Å². The van der Waals surface area contributed by atoms with E-state index < -0.39 is 0 Å². The number of rotatable bonds is 5. The lowest BCUT2D eigenvalue weighted by Gasteiger charge is -2.30. The molecule has 12 rings (SSSR count). The minimum Gasteiger partial charge on any atom is -0.334 e. The van der Waals surface area contributed by atoms with Crippen LogP contribution >= 0.6 is 22.7 Å². The van der Waals surface area contributed by atoms with Crippen LogP contribution in [0.25, 0.3) is 51.5 Å². The Kier molecular flexibility index (Phi) is 7.57. The zero-order valence-electron chi connectivity index (χ0n) is 31.0. The number of nitrogens with zero attached hydrogens (tertiary/aromatic N) is 3. The van der Waals surface area contributed by atoms with E-state index in [1.807, 2.05) is 34.8 Å². The predicted molar refractivity (Wildman–Crippen MR) is 243 cm³/mol. The first-order valence-corrected chi connectivity index (χ1v) is 21.4. The van der Waals surface area contributed by atoms with Crippen LogP contribution in [0.15, 0.2) is 180 Å². The molecule has 272 valence electrons. The van der Waals surface area contributed by atoms with Gasteiger partial charge >= 0.3 is 0 Å². The number of benzene rings is 7. The number of thiophene rings is 2. The Morgan fingerprint density at radius 2 is 1.32 bits per heavy atom. The normalized spacial score (nSPS) is 17.9. The molecule has 2 aromatic heterocycles. The van der Waals surface area contributed by atoms with Gasteiger partial charge in [0.1, 0.15) is 11.7 Å². The van der Waals surface area contributed by atoms with Crippen molar-refractivity contribution < 1.29 is 0 Å². The largest absolute Gasteiger partial charge is 0.334 e. The highest BCUT2D eigenvalue weighted by molar-refractivity contribution is 7.26. The maximum absolute atomic E-state index is 5.22. The van der Waals surface area contributed by atoms with E-state index in [2.05, 4.69) is 168 Å². The molecule has 0 radical (unpaired) electrons. The molecule has 1 N–H and O–H groups in total. The lowest BCUT2D eigenvalue weighted by atomic mass is 9.86. The number of aliphatic imine (C=N–C) groups is 2. The van der Waals surface area contributed by atoms with Crippen LogP contribution in [0.4, 0.5) is 11.4 Å². The lowest BCUT2D eigenvalue weighted by molar-refractivity contribution is 0.573. The molecule has 7 aromatic carbocycles. The van der Waals surface area contributed by atoms with Gasteiger partial charge in [0.2, 0.25) is 0 Å². The minimum absolute atomic E-state index is 0.372. The van der Waals surface area contributed by atoms with E-state index in [-0.39, 0.29) is 6.17 Å². The summed E-state index contributed by atoms with van der Waals surface area (Å²) in [5, 5.41) is 8.71. The van der Waals surface area contributed by atoms with Crippen molar-refractivity contribution in [2.24, 2.45) is 9.98 Å². The second kappa shape index (κ2) is 13.1. The number of hydrogen-bond donors (Lipinski definition) is 1. The van der Waals surface area contributed by atoms with Gasteiger partial charge < -0.3 is 10.2 Å². The van der Waals surface area contributed by atoms with Crippen LogP contribution in [0, 0.1) is 0 Å². The molecule has 4 heterocycles.